The van der Waals surface area contributed by atoms with Crippen molar-refractivity contribution < 1.29 is 9.53 Å². The Kier molecular flexibility index (Phi) is 6.56. The van der Waals surface area contributed by atoms with Crippen LogP contribution in [0.1, 0.15) is 18.9 Å². The van der Waals surface area contributed by atoms with Crippen LogP contribution in [0.25, 0.3) is 10.4 Å². The first-order valence-corrected chi connectivity index (χ1v) is 6.50. The molecule has 0 aromatic heterocycles. The topological polar surface area (TPSA) is 87.1 Å². The fourth-order valence-corrected chi connectivity index (χ4v) is 1.95. The van der Waals surface area contributed by atoms with Crippen LogP contribution in [-0.2, 0) is 16.0 Å². The first kappa shape index (κ1) is 16.0. The molecule has 1 rings (SSSR count). The van der Waals surface area contributed by atoms with E-state index in [-0.39, 0.29) is 5.97 Å². The number of ether oxygens (including phenoxy) is 1. The Bertz CT molecular complexity index is 471. The number of rotatable bonds is 8. The van der Waals surface area contributed by atoms with Crippen LogP contribution < -0.4 is 5.32 Å². The van der Waals surface area contributed by atoms with E-state index >= 15 is 0 Å². The smallest absolute Gasteiger partial charge is 0.325 e. The fourth-order valence-electron chi connectivity index (χ4n) is 1.95. The average molecular weight is 276 g/mol. The largest absolute Gasteiger partial charge is 0.468 e. The van der Waals surface area contributed by atoms with E-state index in [0.717, 1.165) is 6.42 Å². The zero-order valence-corrected chi connectivity index (χ0v) is 11.9. The van der Waals surface area contributed by atoms with Crippen molar-refractivity contribution in [3.8, 4) is 0 Å². The van der Waals surface area contributed by atoms with Crippen LogP contribution in [0.15, 0.2) is 35.4 Å². The zero-order valence-electron chi connectivity index (χ0n) is 11.9. The standard InChI is InChI=1S/C14H20N4O2/c1-14(13(19)20-2,16-10-11-17-18-15)9-8-12-6-4-3-5-7-12/h3-7,16H,8-11H2,1-2H3. The van der Waals surface area contributed by atoms with Crippen LogP contribution >= 0.6 is 0 Å². The molecule has 1 atom stereocenters. The van der Waals surface area contributed by atoms with E-state index in [1.807, 2.05) is 30.3 Å². The summed E-state index contributed by atoms with van der Waals surface area (Å²) in [4.78, 5) is 14.6. The molecule has 0 heterocycles. The maximum atomic E-state index is 11.9. The lowest BCUT2D eigenvalue weighted by Crippen LogP contribution is -2.51. The number of hydrogen-bond acceptors (Lipinski definition) is 4. The Morgan fingerprint density at radius 1 is 1.45 bits per heavy atom. The molecule has 0 aliphatic carbocycles. The van der Waals surface area contributed by atoms with Crippen LogP contribution in [-0.4, -0.2) is 31.7 Å². The molecule has 1 N–H and O–H groups in total. The molecule has 20 heavy (non-hydrogen) atoms. The van der Waals surface area contributed by atoms with Crippen molar-refractivity contribution >= 4 is 5.97 Å². The predicted octanol–water partition coefficient (Wildman–Crippen LogP) is 2.45. The van der Waals surface area contributed by atoms with Gasteiger partial charge < -0.3 is 10.1 Å². The first-order valence-electron chi connectivity index (χ1n) is 6.50. The summed E-state index contributed by atoms with van der Waals surface area (Å²) in [7, 11) is 1.37. The third kappa shape index (κ3) is 4.91. The molecule has 6 nitrogen and oxygen atoms in total. The Balaban J connectivity index is 2.62. The van der Waals surface area contributed by atoms with E-state index in [1.165, 1.54) is 12.7 Å². The number of azide groups is 1. The number of aryl methyl sites for hydroxylation is 1. The van der Waals surface area contributed by atoms with E-state index in [2.05, 4.69) is 15.3 Å². The maximum Gasteiger partial charge on any atom is 0.325 e. The highest BCUT2D eigenvalue weighted by atomic mass is 16.5. The van der Waals surface area contributed by atoms with Gasteiger partial charge in [0, 0.05) is 18.0 Å². The monoisotopic (exact) mass is 276 g/mol. The van der Waals surface area contributed by atoms with Gasteiger partial charge in [-0.1, -0.05) is 35.4 Å². The fraction of sp³-hybridized carbons (Fsp3) is 0.500. The highest BCUT2D eigenvalue weighted by molar-refractivity contribution is 5.80. The molecular weight excluding hydrogens is 256 g/mol. The van der Waals surface area contributed by atoms with Crippen molar-refractivity contribution in [2.75, 3.05) is 20.2 Å². The number of nitrogens with zero attached hydrogens (tertiary/aromatic N) is 3. The molecule has 1 aromatic carbocycles. The number of benzene rings is 1. The van der Waals surface area contributed by atoms with E-state index in [1.54, 1.807) is 6.92 Å². The number of nitrogens with one attached hydrogen (secondary N) is 1. The van der Waals surface area contributed by atoms with Gasteiger partial charge in [-0.05, 0) is 30.9 Å². The molecule has 1 aromatic rings. The molecule has 0 saturated carbocycles. The lowest BCUT2D eigenvalue weighted by Gasteiger charge is -2.28. The summed E-state index contributed by atoms with van der Waals surface area (Å²) in [6.07, 6.45) is 1.38. The van der Waals surface area contributed by atoms with Gasteiger partial charge in [-0.2, -0.15) is 0 Å². The summed E-state index contributed by atoms with van der Waals surface area (Å²) < 4.78 is 4.86. The summed E-state index contributed by atoms with van der Waals surface area (Å²) in [6.45, 7) is 2.54. The second-order valence-corrected chi connectivity index (χ2v) is 4.69. The van der Waals surface area contributed by atoms with Crippen molar-refractivity contribution in [2.24, 2.45) is 5.11 Å². The lowest BCUT2D eigenvalue weighted by atomic mass is 9.93. The van der Waals surface area contributed by atoms with E-state index in [9.17, 15) is 4.79 Å². The summed E-state index contributed by atoms with van der Waals surface area (Å²) in [6, 6.07) is 9.95. The van der Waals surface area contributed by atoms with Crippen LogP contribution in [0, 0.1) is 0 Å². The molecule has 6 heteroatoms. The molecule has 0 aliphatic rings. The maximum absolute atomic E-state index is 11.9. The van der Waals surface area contributed by atoms with Crippen LogP contribution in [0.2, 0.25) is 0 Å². The SMILES string of the molecule is COC(=O)C(C)(CCc1ccccc1)NCCN=[N+]=[N-]. The van der Waals surface area contributed by atoms with Gasteiger partial charge in [0.05, 0.1) is 7.11 Å². The second-order valence-electron chi connectivity index (χ2n) is 4.69. The first-order chi connectivity index (χ1) is 9.62. The molecule has 0 fully saturated rings. The highest BCUT2D eigenvalue weighted by Gasteiger charge is 2.33. The normalized spacial score (nSPS) is 13.1. The molecule has 0 amide bonds. The van der Waals surface area contributed by atoms with Gasteiger partial charge in [0.2, 0.25) is 0 Å². The summed E-state index contributed by atoms with van der Waals surface area (Å²) >= 11 is 0. The second kappa shape index (κ2) is 8.19. The Morgan fingerprint density at radius 2 is 2.15 bits per heavy atom. The van der Waals surface area contributed by atoms with Gasteiger partial charge in [-0.3, -0.25) is 4.79 Å². The Labute approximate surface area is 118 Å². The quantitative estimate of drug-likeness (QED) is 0.260. The van der Waals surface area contributed by atoms with Crippen LogP contribution in [0.4, 0.5) is 0 Å². The average Bonchev–Trinajstić information content (AvgIpc) is 2.50. The predicted molar refractivity (Wildman–Crippen MR) is 77.2 cm³/mol. The van der Waals surface area contributed by atoms with Crippen molar-refractivity contribution in [2.45, 2.75) is 25.3 Å². The van der Waals surface area contributed by atoms with Gasteiger partial charge in [-0.25, -0.2) is 0 Å². The summed E-state index contributed by atoms with van der Waals surface area (Å²) in [5, 5.41) is 6.56. The van der Waals surface area contributed by atoms with Crippen molar-refractivity contribution in [1.29, 1.82) is 0 Å². The molecule has 0 radical (unpaired) electrons. The van der Waals surface area contributed by atoms with E-state index < -0.39 is 5.54 Å². The van der Waals surface area contributed by atoms with Crippen molar-refractivity contribution in [1.82, 2.24) is 5.32 Å². The van der Waals surface area contributed by atoms with Gasteiger partial charge in [-0.15, -0.1) is 0 Å². The van der Waals surface area contributed by atoms with E-state index in [4.69, 9.17) is 10.3 Å². The number of hydrogen-bond donors (Lipinski definition) is 1. The van der Waals surface area contributed by atoms with Crippen LogP contribution in [0.3, 0.4) is 0 Å². The number of methoxy groups -OCH3 is 1. The molecule has 108 valence electrons. The summed E-state index contributed by atoms with van der Waals surface area (Å²) in [5.41, 5.74) is 8.63. The zero-order chi connectivity index (χ0) is 14.8. The minimum atomic E-state index is -0.782. The van der Waals surface area contributed by atoms with Crippen LogP contribution in [0.5, 0.6) is 0 Å². The Morgan fingerprint density at radius 3 is 2.75 bits per heavy atom. The minimum absolute atomic E-state index is 0.300. The summed E-state index contributed by atoms with van der Waals surface area (Å²) in [5.74, 6) is -0.311. The van der Waals surface area contributed by atoms with Gasteiger partial charge in [0.25, 0.3) is 0 Å². The number of carbonyl (C=O) groups is 1. The molecule has 1 unspecified atom stereocenters. The van der Waals surface area contributed by atoms with Gasteiger partial charge in [0.15, 0.2) is 0 Å². The Hall–Kier alpha value is -2.04. The minimum Gasteiger partial charge on any atom is -0.468 e. The number of esters is 1. The lowest BCUT2D eigenvalue weighted by molar-refractivity contribution is -0.148. The third-order valence-corrected chi connectivity index (χ3v) is 3.18. The van der Waals surface area contributed by atoms with Gasteiger partial charge in [0.1, 0.15) is 5.54 Å². The van der Waals surface area contributed by atoms with Gasteiger partial charge >= 0.3 is 5.97 Å². The van der Waals surface area contributed by atoms with Crippen molar-refractivity contribution in [3.05, 3.63) is 46.3 Å². The molecule has 0 saturated heterocycles. The molecule has 0 bridgehead atoms. The van der Waals surface area contributed by atoms with Crippen molar-refractivity contribution in [3.63, 3.8) is 0 Å². The molecular formula is C14H20N4O2. The third-order valence-electron chi connectivity index (χ3n) is 3.18. The molecule has 0 spiro atoms. The highest BCUT2D eigenvalue weighted by Crippen LogP contribution is 2.16. The molecule has 0 aliphatic heterocycles. The van der Waals surface area contributed by atoms with E-state index in [0.29, 0.717) is 19.5 Å². The number of carbonyl (C=O) groups excluding carboxylic acids is 1.